The highest BCUT2D eigenvalue weighted by Gasteiger charge is 2.10. The smallest absolute Gasteiger partial charge is 0.270 e. The minimum atomic E-state index is -3.20. The fraction of sp³-hybridized carbons (Fsp3) is 0.231. The first-order chi connectivity index (χ1) is 9.90. The highest BCUT2D eigenvalue weighted by Crippen LogP contribution is 2.22. The molecular formula is C13H15N3O3S2. The number of nitrogens with zero attached hydrogens (tertiary/aromatic N) is 1. The van der Waals surface area contributed by atoms with Crippen LogP contribution in [0, 0.1) is 0 Å². The van der Waals surface area contributed by atoms with E-state index in [0.717, 1.165) is 6.26 Å². The Morgan fingerprint density at radius 3 is 2.52 bits per heavy atom. The normalized spacial score (nSPS) is 11.1. The molecule has 2 aromatic rings. The van der Waals surface area contributed by atoms with E-state index in [0.29, 0.717) is 23.1 Å². The zero-order valence-corrected chi connectivity index (χ0v) is 13.2. The lowest BCUT2D eigenvalue weighted by Gasteiger charge is -2.03. The van der Waals surface area contributed by atoms with E-state index < -0.39 is 9.84 Å². The zero-order chi connectivity index (χ0) is 15.5. The van der Waals surface area contributed by atoms with E-state index >= 15 is 0 Å². The Hall–Kier alpha value is -1.93. The van der Waals surface area contributed by atoms with Crippen molar-refractivity contribution in [2.45, 2.75) is 11.8 Å². The van der Waals surface area contributed by atoms with Crippen molar-refractivity contribution in [2.24, 2.45) is 0 Å². The highest BCUT2D eigenvalue weighted by molar-refractivity contribution is 7.90. The summed E-state index contributed by atoms with van der Waals surface area (Å²) < 4.78 is 22.7. The van der Waals surface area contributed by atoms with Crippen LogP contribution in [0.1, 0.15) is 17.4 Å². The second kappa shape index (κ2) is 6.23. The van der Waals surface area contributed by atoms with Crippen molar-refractivity contribution in [3.63, 3.8) is 0 Å². The number of amides is 1. The number of benzene rings is 1. The van der Waals surface area contributed by atoms with Crippen LogP contribution in [0.2, 0.25) is 0 Å². The Morgan fingerprint density at radius 2 is 1.95 bits per heavy atom. The van der Waals surface area contributed by atoms with Crippen molar-refractivity contribution in [2.75, 3.05) is 18.1 Å². The molecule has 112 valence electrons. The molecule has 1 heterocycles. The van der Waals surface area contributed by atoms with Gasteiger partial charge in [-0.15, -0.1) is 11.3 Å². The van der Waals surface area contributed by atoms with Gasteiger partial charge in [-0.25, -0.2) is 13.4 Å². The standard InChI is InChI=1S/C13H15N3O3S2/c1-3-14-12(17)11-8-20-13(16-11)15-9-4-6-10(7-5-9)21(2,18)19/h4-8H,3H2,1-2H3,(H,14,17)(H,15,16). The predicted octanol–water partition coefficient (Wildman–Crippen LogP) is 2.04. The van der Waals surface area contributed by atoms with E-state index in [-0.39, 0.29) is 10.8 Å². The second-order valence-corrected chi connectivity index (χ2v) is 7.19. The van der Waals surface area contributed by atoms with Crippen molar-refractivity contribution < 1.29 is 13.2 Å². The third-order valence-corrected chi connectivity index (χ3v) is 4.49. The van der Waals surface area contributed by atoms with Gasteiger partial charge in [0.2, 0.25) is 0 Å². The minimum absolute atomic E-state index is 0.214. The molecule has 1 aromatic carbocycles. The van der Waals surface area contributed by atoms with Crippen molar-refractivity contribution >= 4 is 37.9 Å². The van der Waals surface area contributed by atoms with Crippen LogP contribution in [0.5, 0.6) is 0 Å². The molecule has 0 aliphatic carbocycles. The van der Waals surface area contributed by atoms with Crippen LogP contribution in [0.3, 0.4) is 0 Å². The molecule has 0 saturated heterocycles. The lowest BCUT2D eigenvalue weighted by molar-refractivity contribution is 0.0951. The molecule has 6 nitrogen and oxygen atoms in total. The summed E-state index contributed by atoms with van der Waals surface area (Å²) in [4.78, 5) is 16.0. The summed E-state index contributed by atoms with van der Waals surface area (Å²) in [5.74, 6) is -0.214. The van der Waals surface area contributed by atoms with Crippen LogP contribution in [-0.4, -0.2) is 32.1 Å². The SMILES string of the molecule is CCNC(=O)c1csc(Nc2ccc(S(C)(=O)=O)cc2)n1. The van der Waals surface area contributed by atoms with Crippen LogP contribution in [0.4, 0.5) is 10.8 Å². The average molecular weight is 325 g/mol. The number of rotatable bonds is 5. The Kier molecular flexibility index (Phi) is 4.59. The number of sulfone groups is 1. The molecule has 0 aliphatic rings. The summed E-state index contributed by atoms with van der Waals surface area (Å²) in [6.45, 7) is 2.39. The number of carbonyl (C=O) groups excluding carboxylic acids is 1. The molecule has 0 radical (unpaired) electrons. The molecule has 2 rings (SSSR count). The van der Waals surface area contributed by atoms with E-state index in [2.05, 4.69) is 15.6 Å². The van der Waals surface area contributed by atoms with Crippen molar-refractivity contribution in [1.82, 2.24) is 10.3 Å². The van der Waals surface area contributed by atoms with Gasteiger partial charge >= 0.3 is 0 Å². The molecule has 0 spiro atoms. The summed E-state index contributed by atoms with van der Waals surface area (Å²) in [6.07, 6.45) is 1.16. The Labute approximate surface area is 127 Å². The van der Waals surface area contributed by atoms with E-state index in [1.165, 1.54) is 23.5 Å². The monoisotopic (exact) mass is 325 g/mol. The first-order valence-corrected chi connectivity index (χ1v) is 8.98. The highest BCUT2D eigenvalue weighted by atomic mass is 32.2. The van der Waals surface area contributed by atoms with E-state index in [4.69, 9.17) is 0 Å². The second-order valence-electron chi connectivity index (χ2n) is 4.32. The topological polar surface area (TPSA) is 88.2 Å². The summed E-state index contributed by atoms with van der Waals surface area (Å²) in [5.41, 5.74) is 1.07. The summed E-state index contributed by atoms with van der Waals surface area (Å²) in [5, 5.41) is 7.94. The maximum atomic E-state index is 11.6. The lowest BCUT2D eigenvalue weighted by atomic mass is 10.3. The van der Waals surface area contributed by atoms with Gasteiger partial charge < -0.3 is 10.6 Å². The molecule has 1 aromatic heterocycles. The third kappa shape index (κ3) is 4.02. The number of anilines is 2. The van der Waals surface area contributed by atoms with Crippen molar-refractivity contribution in [3.05, 3.63) is 35.3 Å². The maximum absolute atomic E-state index is 11.6. The fourth-order valence-electron chi connectivity index (χ4n) is 1.60. The summed E-state index contributed by atoms with van der Waals surface area (Å²) in [6, 6.07) is 6.36. The van der Waals surface area contributed by atoms with E-state index in [9.17, 15) is 13.2 Å². The maximum Gasteiger partial charge on any atom is 0.270 e. The Bertz CT molecular complexity index is 736. The van der Waals surface area contributed by atoms with Gasteiger partial charge in [-0.2, -0.15) is 0 Å². The molecule has 0 atom stereocenters. The number of aromatic nitrogens is 1. The largest absolute Gasteiger partial charge is 0.351 e. The number of nitrogens with one attached hydrogen (secondary N) is 2. The molecule has 0 saturated carbocycles. The number of carbonyl (C=O) groups is 1. The molecule has 0 fully saturated rings. The van der Waals surface area contributed by atoms with Gasteiger partial charge in [0.15, 0.2) is 15.0 Å². The fourth-order valence-corrected chi connectivity index (χ4v) is 2.94. The van der Waals surface area contributed by atoms with Crippen LogP contribution < -0.4 is 10.6 Å². The molecule has 21 heavy (non-hydrogen) atoms. The van der Waals surface area contributed by atoms with Gasteiger partial charge in [0.25, 0.3) is 5.91 Å². The van der Waals surface area contributed by atoms with Crippen molar-refractivity contribution in [3.8, 4) is 0 Å². The summed E-state index contributed by atoms with van der Waals surface area (Å²) >= 11 is 1.31. The first-order valence-electron chi connectivity index (χ1n) is 6.21. The average Bonchev–Trinajstić information content (AvgIpc) is 2.87. The van der Waals surface area contributed by atoms with Gasteiger partial charge in [0.1, 0.15) is 5.69 Å². The van der Waals surface area contributed by atoms with Gasteiger partial charge in [-0.05, 0) is 31.2 Å². The van der Waals surface area contributed by atoms with Crippen LogP contribution in [0.25, 0.3) is 0 Å². The Balaban J connectivity index is 2.10. The summed E-state index contributed by atoms with van der Waals surface area (Å²) in [7, 11) is -3.20. The number of hydrogen-bond donors (Lipinski definition) is 2. The predicted molar refractivity (Wildman–Crippen MR) is 83.0 cm³/mol. The third-order valence-electron chi connectivity index (χ3n) is 2.61. The van der Waals surface area contributed by atoms with Gasteiger partial charge in [-0.1, -0.05) is 0 Å². The molecule has 2 N–H and O–H groups in total. The minimum Gasteiger partial charge on any atom is -0.351 e. The number of hydrogen-bond acceptors (Lipinski definition) is 6. The lowest BCUT2D eigenvalue weighted by Crippen LogP contribution is -2.22. The van der Waals surface area contributed by atoms with Crippen LogP contribution >= 0.6 is 11.3 Å². The Morgan fingerprint density at radius 1 is 1.29 bits per heavy atom. The van der Waals surface area contributed by atoms with E-state index in [1.807, 2.05) is 6.92 Å². The molecule has 0 bridgehead atoms. The zero-order valence-electron chi connectivity index (χ0n) is 11.6. The van der Waals surface area contributed by atoms with Crippen LogP contribution in [0.15, 0.2) is 34.5 Å². The number of thiazole rings is 1. The van der Waals surface area contributed by atoms with Gasteiger partial charge in [0, 0.05) is 23.9 Å². The van der Waals surface area contributed by atoms with Gasteiger partial charge in [0.05, 0.1) is 4.90 Å². The van der Waals surface area contributed by atoms with Crippen molar-refractivity contribution in [1.29, 1.82) is 0 Å². The molecule has 8 heteroatoms. The van der Waals surface area contributed by atoms with Gasteiger partial charge in [-0.3, -0.25) is 4.79 Å². The van der Waals surface area contributed by atoms with Crippen LogP contribution in [-0.2, 0) is 9.84 Å². The molecule has 0 unspecified atom stereocenters. The molecular weight excluding hydrogens is 310 g/mol. The quantitative estimate of drug-likeness (QED) is 0.878. The first kappa shape index (κ1) is 15.5. The van der Waals surface area contributed by atoms with E-state index in [1.54, 1.807) is 17.5 Å². The molecule has 0 aliphatic heterocycles. The molecule has 1 amide bonds.